The topological polar surface area (TPSA) is 39.6 Å². The van der Waals surface area contributed by atoms with Crippen LogP contribution >= 0.6 is 0 Å². The Kier molecular flexibility index (Phi) is 4.22. The third-order valence-electron chi connectivity index (χ3n) is 4.11. The molecule has 3 rings (SSSR count). The summed E-state index contributed by atoms with van der Waals surface area (Å²) in [4.78, 5) is 8.51. The van der Waals surface area contributed by atoms with E-state index < -0.39 is 11.6 Å². The number of piperazine rings is 1. The van der Waals surface area contributed by atoms with E-state index in [0.29, 0.717) is 17.6 Å². The van der Waals surface area contributed by atoms with Gasteiger partial charge in [0.15, 0.2) is 11.6 Å². The van der Waals surface area contributed by atoms with Crippen LogP contribution in [0.5, 0.6) is 0 Å². The minimum atomic E-state index is -0.888. The fourth-order valence-electron chi connectivity index (χ4n) is 2.96. The van der Waals surface area contributed by atoms with Crippen LogP contribution in [0.4, 0.5) is 14.5 Å². The molecule has 1 aliphatic heterocycles. The zero-order valence-electron chi connectivity index (χ0n) is 12.5. The van der Waals surface area contributed by atoms with Crippen LogP contribution in [0.3, 0.4) is 0 Å². The Morgan fingerprint density at radius 1 is 1.18 bits per heavy atom. The summed E-state index contributed by atoms with van der Waals surface area (Å²) in [6.07, 6.45) is 0. The molecule has 2 aromatic rings. The second-order valence-electron chi connectivity index (χ2n) is 5.59. The zero-order chi connectivity index (χ0) is 15.7. The van der Waals surface area contributed by atoms with E-state index in [0.717, 1.165) is 37.9 Å². The van der Waals surface area contributed by atoms with E-state index in [-0.39, 0.29) is 12.1 Å². The van der Waals surface area contributed by atoms with Gasteiger partial charge in [-0.15, -0.1) is 0 Å². The van der Waals surface area contributed by atoms with Crippen molar-refractivity contribution in [2.24, 2.45) is 0 Å². The van der Waals surface area contributed by atoms with Gasteiger partial charge in [-0.1, -0.05) is 0 Å². The van der Waals surface area contributed by atoms with Gasteiger partial charge in [0, 0.05) is 49.5 Å². The number of aliphatic hydroxyl groups is 1. The van der Waals surface area contributed by atoms with Crippen LogP contribution in [0.1, 0.15) is 5.69 Å². The molecule has 0 bridgehead atoms. The van der Waals surface area contributed by atoms with Crippen molar-refractivity contribution in [2.75, 3.05) is 44.2 Å². The molecule has 22 heavy (non-hydrogen) atoms. The Morgan fingerprint density at radius 3 is 2.59 bits per heavy atom. The molecule has 118 valence electrons. The number of β-amino-alcohol motifs (C(OH)–C–C–N with tert-alkyl or cyclic N) is 1. The van der Waals surface area contributed by atoms with Crippen LogP contribution in [-0.2, 0) is 0 Å². The number of pyridine rings is 1. The van der Waals surface area contributed by atoms with Crippen LogP contribution in [-0.4, -0.2) is 54.3 Å². The summed E-state index contributed by atoms with van der Waals surface area (Å²) in [6.45, 7) is 5.87. The van der Waals surface area contributed by atoms with E-state index in [9.17, 15) is 8.78 Å². The lowest BCUT2D eigenvalue weighted by Crippen LogP contribution is -2.47. The largest absolute Gasteiger partial charge is 0.395 e. The highest BCUT2D eigenvalue weighted by molar-refractivity contribution is 5.92. The van der Waals surface area contributed by atoms with Crippen LogP contribution in [0.15, 0.2) is 18.2 Å². The number of anilines is 1. The molecule has 0 unspecified atom stereocenters. The molecule has 1 aliphatic rings. The van der Waals surface area contributed by atoms with Gasteiger partial charge in [0.2, 0.25) is 0 Å². The molecule has 1 fully saturated rings. The summed E-state index contributed by atoms with van der Waals surface area (Å²) in [5.41, 5.74) is 1.66. The lowest BCUT2D eigenvalue weighted by molar-refractivity contribution is 0.189. The minimum Gasteiger partial charge on any atom is -0.395 e. The number of fused-ring (bicyclic) bond motifs is 1. The Hall–Kier alpha value is -1.79. The summed E-state index contributed by atoms with van der Waals surface area (Å²) in [6, 6.07) is 4.66. The Bertz CT molecular complexity index is 685. The van der Waals surface area contributed by atoms with Crippen molar-refractivity contribution in [1.82, 2.24) is 9.88 Å². The summed E-state index contributed by atoms with van der Waals surface area (Å²) in [7, 11) is 0. The summed E-state index contributed by atoms with van der Waals surface area (Å²) in [5, 5.41) is 9.63. The van der Waals surface area contributed by atoms with Gasteiger partial charge >= 0.3 is 0 Å². The number of nitrogens with zero attached hydrogens (tertiary/aromatic N) is 3. The van der Waals surface area contributed by atoms with Crippen molar-refractivity contribution in [3.8, 4) is 0 Å². The summed E-state index contributed by atoms with van der Waals surface area (Å²) >= 11 is 0. The van der Waals surface area contributed by atoms with Gasteiger partial charge in [0.25, 0.3) is 0 Å². The van der Waals surface area contributed by atoms with Crippen molar-refractivity contribution < 1.29 is 13.9 Å². The molecule has 0 saturated carbocycles. The van der Waals surface area contributed by atoms with Crippen LogP contribution in [0.25, 0.3) is 10.9 Å². The van der Waals surface area contributed by atoms with Crippen molar-refractivity contribution in [2.45, 2.75) is 6.92 Å². The van der Waals surface area contributed by atoms with E-state index in [2.05, 4.69) is 14.8 Å². The maximum atomic E-state index is 14.0. The number of benzene rings is 1. The molecule has 6 heteroatoms. The van der Waals surface area contributed by atoms with E-state index >= 15 is 0 Å². The fraction of sp³-hybridized carbons (Fsp3) is 0.438. The smallest absolute Gasteiger partial charge is 0.185 e. The van der Waals surface area contributed by atoms with Crippen LogP contribution < -0.4 is 4.90 Å². The molecule has 1 N–H and O–H groups in total. The SMILES string of the molecule is Cc1cc(N2CCN(CCO)CC2)c2ccc(F)c(F)c2n1. The number of hydrogen-bond donors (Lipinski definition) is 1. The minimum absolute atomic E-state index is 0.0905. The van der Waals surface area contributed by atoms with Crippen molar-refractivity contribution in [3.63, 3.8) is 0 Å². The average molecular weight is 307 g/mol. The fourth-order valence-corrected chi connectivity index (χ4v) is 2.96. The standard InChI is InChI=1S/C16H19F2N3O/c1-11-10-14(21-6-4-20(5-7-21)8-9-22)12-2-3-13(17)15(18)16(12)19-11/h2-3,10,22H,4-9H2,1H3. The number of rotatable bonds is 3. The molecule has 4 nitrogen and oxygen atoms in total. The normalized spacial score (nSPS) is 16.5. The van der Waals surface area contributed by atoms with Crippen molar-refractivity contribution in [1.29, 1.82) is 0 Å². The number of aromatic nitrogens is 1. The second kappa shape index (κ2) is 6.14. The molecular formula is C16H19F2N3O. The second-order valence-corrected chi connectivity index (χ2v) is 5.59. The van der Waals surface area contributed by atoms with E-state index in [4.69, 9.17) is 5.11 Å². The monoisotopic (exact) mass is 307 g/mol. The van der Waals surface area contributed by atoms with Gasteiger partial charge in [-0.2, -0.15) is 0 Å². The molecule has 0 amide bonds. The molecule has 1 saturated heterocycles. The van der Waals surface area contributed by atoms with Gasteiger partial charge in [-0.3, -0.25) is 4.90 Å². The first-order valence-electron chi connectivity index (χ1n) is 7.43. The molecule has 1 aromatic heterocycles. The van der Waals surface area contributed by atoms with E-state index in [1.54, 1.807) is 13.0 Å². The van der Waals surface area contributed by atoms with E-state index in [1.165, 1.54) is 0 Å². The Balaban J connectivity index is 1.96. The van der Waals surface area contributed by atoms with Gasteiger partial charge in [-0.05, 0) is 25.1 Å². The molecule has 2 heterocycles. The van der Waals surface area contributed by atoms with Crippen LogP contribution in [0.2, 0.25) is 0 Å². The van der Waals surface area contributed by atoms with Crippen molar-refractivity contribution in [3.05, 3.63) is 35.5 Å². The van der Waals surface area contributed by atoms with Gasteiger partial charge < -0.3 is 10.0 Å². The van der Waals surface area contributed by atoms with Crippen molar-refractivity contribution >= 4 is 16.6 Å². The highest BCUT2D eigenvalue weighted by Gasteiger charge is 2.20. The third kappa shape index (κ3) is 2.76. The number of hydrogen-bond acceptors (Lipinski definition) is 4. The highest BCUT2D eigenvalue weighted by atomic mass is 19.2. The average Bonchev–Trinajstić information content (AvgIpc) is 2.52. The zero-order valence-corrected chi connectivity index (χ0v) is 12.5. The molecule has 0 atom stereocenters. The first-order valence-corrected chi connectivity index (χ1v) is 7.43. The highest BCUT2D eigenvalue weighted by Crippen LogP contribution is 2.30. The number of aryl methyl sites for hydroxylation is 1. The molecule has 0 radical (unpaired) electrons. The van der Waals surface area contributed by atoms with Crippen LogP contribution in [0, 0.1) is 18.6 Å². The maximum absolute atomic E-state index is 14.0. The quantitative estimate of drug-likeness (QED) is 0.941. The summed E-state index contributed by atoms with van der Waals surface area (Å²) in [5.74, 6) is -1.76. The Morgan fingerprint density at radius 2 is 1.91 bits per heavy atom. The number of aliphatic hydroxyl groups excluding tert-OH is 1. The predicted molar refractivity (Wildman–Crippen MR) is 82.1 cm³/mol. The maximum Gasteiger partial charge on any atom is 0.185 e. The van der Waals surface area contributed by atoms with E-state index in [1.807, 2.05) is 6.07 Å². The van der Waals surface area contributed by atoms with Gasteiger partial charge in [-0.25, -0.2) is 13.8 Å². The number of halogens is 2. The molecule has 0 aliphatic carbocycles. The first kappa shape index (κ1) is 15.1. The molecule has 1 aromatic carbocycles. The Labute approximate surface area is 128 Å². The summed E-state index contributed by atoms with van der Waals surface area (Å²) < 4.78 is 27.4. The third-order valence-corrected chi connectivity index (χ3v) is 4.11. The van der Waals surface area contributed by atoms with Gasteiger partial charge in [0.1, 0.15) is 5.52 Å². The first-order chi connectivity index (χ1) is 10.6. The predicted octanol–water partition coefficient (Wildman–Crippen LogP) is 1.94. The lowest BCUT2D eigenvalue weighted by Gasteiger charge is -2.36. The molecular weight excluding hydrogens is 288 g/mol. The lowest BCUT2D eigenvalue weighted by atomic mass is 10.1. The molecule has 0 spiro atoms. The van der Waals surface area contributed by atoms with Gasteiger partial charge in [0.05, 0.1) is 6.61 Å².